The Hall–Kier alpha value is -3.04. The Bertz CT molecular complexity index is 972. The predicted octanol–water partition coefficient (Wildman–Crippen LogP) is 4.02. The first-order valence-corrected chi connectivity index (χ1v) is 9.37. The Morgan fingerprint density at radius 2 is 2.11 bits per heavy atom. The Labute approximate surface area is 160 Å². The number of hydrogen-bond donors (Lipinski definition) is 0. The maximum Gasteiger partial charge on any atom is 0.234 e. The highest BCUT2D eigenvalue weighted by atomic mass is 16.2. The van der Waals surface area contributed by atoms with Gasteiger partial charge in [0.1, 0.15) is 0 Å². The first-order chi connectivity index (χ1) is 13.1. The van der Waals surface area contributed by atoms with Gasteiger partial charge in [-0.15, -0.1) is 6.42 Å². The van der Waals surface area contributed by atoms with E-state index in [4.69, 9.17) is 6.42 Å². The SMILES string of the molecule is C#Cc1ccc2cc(C#CCC(=O)N3CCCC(C)CC3)ccc2c1C=O. The van der Waals surface area contributed by atoms with Crippen molar-refractivity contribution in [3.63, 3.8) is 0 Å². The molecule has 1 amide bonds. The van der Waals surface area contributed by atoms with Gasteiger partial charge in [0.25, 0.3) is 0 Å². The molecule has 1 saturated heterocycles. The summed E-state index contributed by atoms with van der Waals surface area (Å²) in [5, 5.41) is 1.73. The van der Waals surface area contributed by atoms with Crippen molar-refractivity contribution < 1.29 is 9.59 Å². The predicted molar refractivity (Wildman–Crippen MR) is 108 cm³/mol. The molecule has 1 atom stereocenters. The molecule has 2 aromatic rings. The lowest BCUT2D eigenvalue weighted by atomic mass is 9.98. The molecular formula is C24H23NO2. The zero-order chi connectivity index (χ0) is 19.2. The number of hydrogen-bond acceptors (Lipinski definition) is 2. The Balaban J connectivity index is 1.73. The summed E-state index contributed by atoms with van der Waals surface area (Å²) in [5.41, 5.74) is 1.94. The lowest BCUT2D eigenvalue weighted by Crippen LogP contribution is -2.31. The van der Waals surface area contributed by atoms with Crippen molar-refractivity contribution in [3.8, 4) is 24.2 Å². The fourth-order valence-corrected chi connectivity index (χ4v) is 3.53. The molecule has 3 nitrogen and oxygen atoms in total. The van der Waals surface area contributed by atoms with E-state index in [1.807, 2.05) is 29.2 Å². The molecule has 0 spiro atoms. The number of aldehydes is 1. The third-order valence-corrected chi connectivity index (χ3v) is 5.18. The van der Waals surface area contributed by atoms with Crippen LogP contribution in [0.2, 0.25) is 0 Å². The molecule has 0 aliphatic carbocycles. The van der Waals surface area contributed by atoms with Crippen molar-refractivity contribution in [1.29, 1.82) is 0 Å². The highest BCUT2D eigenvalue weighted by molar-refractivity contribution is 6.01. The molecule has 0 saturated carbocycles. The summed E-state index contributed by atoms with van der Waals surface area (Å²) in [6, 6.07) is 9.32. The molecule has 2 aromatic carbocycles. The summed E-state index contributed by atoms with van der Waals surface area (Å²) < 4.78 is 0. The second-order valence-electron chi connectivity index (χ2n) is 7.12. The van der Waals surface area contributed by atoms with Gasteiger partial charge in [-0.25, -0.2) is 0 Å². The van der Waals surface area contributed by atoms with Crippen molar-refractivity contribution in [2.24, 2.45) is 5.92 Å². The molecule has 1 aliphatic rings. The third-order valence-electron chi connectivity index (χ3n) is 5.18. The number of fused-ring (bicyclic) bond motifs is 1. The zero-order valence-electron chi connectivity index (χ0n) is 15.6. The average Bonchev–Trinajstić information content (AvgIpc) is 2.91. The first-order valence-electron chi connectivity index (χ1n) is 9.37. The van der Waals surface area contributed by atoms with Gasteiger partial charge in [-0.2, -0.15) is 0 Å². The summed E-state index contributed by atoms with van der Waals surface area (Å²) >= 11 is 0. The number of terminal acetylenes is 1. The monoisotopic (exact) mass is 357 g/mol. The Kier molecular flexibility index (Phi) is 5.94. The van der Waals surface area contributed by atoms with E-state index in [0.717, 1.165) is 48.6 Å². The van der Waals surface area contributed by atoms with Crippen molar-refractivity contribution >= 4 is 23.0 Å². The van der Waals surface area contributed by atoms with Crippen LogP contribution in [-0.2, 0) is 4.79 Å². The lowest BCUT2D eigenvalue weighted by molar-refractivity contribution is -0.130. The molecule has 0 radical (unpaired) electrons. The molecular weight excluding hydrogens is 334 g/mol. The quantitative estimate of drug-likeness (QED) is 0.601. The first kappa shape index (κ1) is 18.7. The third kappa shape index (κ3) is 4.39. The van der Waals surface area contributed by atoms with Gasteiger partial charge in [0.2, 0.25) is 5.91 Å². The maximum absolute atomic E-state index is 12.4. The van der Waals surface area contributed by atoms with Gasteiger partial charge in [-0.1, -0.05) is 36.8 Å². The summed E-state index contributed by atoms with van der Waals surface area (Å²) in [4.78, 5) is 25.7. The van der Waals surface area contributed by atoms with Gasteiger partial charge in [-0.3, -0.25) is 9.59 Å². The number of amides is 1. The van der Waals surface area contributed by atoms with Crippen LogP contribution < -0.4 is 0 Å². The number of likely N-dealkylation sites (tertiary alicyclic amines) is 1. The smallest absolute Gasteiger partial charge is 0.234 e. The van der Waals surface area contributed by atoms with E-state index in [-0.39, 0.29) is 12.3 Å². The number of carbonyl (C=O) groups is 2. The van der Waals surface area contributed by atoms with Gasteiger partial charge in [0.15, 0.2) is 6.29 Å². The number of benzene rings is 2. The topological polar surface area (TPSA) is 37.4 Å². The standard InChI is InChI=1S/C24H23NO2/c1-3-20-10-11-21-16-19(9-12-22(21)23(20)17-26)7-4-8-24(27)25-14-5-6-18(2)13-15-25/h1,9-12,16-18H,5-6,8,13-15H2,2H3. The van der Waals surface area contributed by atoms with Gasteiger partial charge in [0, 0.05) is 29.8 Å². The van der Waals surface area contributed by atoms with Crippen molar-refractivity contribution in [3.05, 3.63) is 47.0 Å². The normalized spacial score (nSPS) is 16.7. The molecule has 0 N–H and O–H groups in total. The minimum absolute atomic E-state index is 0.110. The van der Waals surface area contributed by atoms with E-state index in [0.29, 0.717) is 17.0 Å². The van der Waals surface area contributed by atoms with E-state index in [9.17, 15) is 9.59 Å². The second kappa shape index (κ2) is 8.56. The molecule has 0 bridgehead atoms. The number of nitrogens with zero attached hydrogens (tertiary/aromatic N) is 1. The Morgan fingerprint density at radius 3 is 2.89 bits per heavy atom. The highest BCUT2D eigenvalue weighted by Gasteiger charge is 2.17. The summed E-state index contributed by atoms with van der Waals surface area (Å²) in [7, 11) is 0. The van der Waals surface area contributed by atoms with Crippen molar-refractivity contribution in [1.82, 2.24) is 4.90 Å². The van der Waals surface area contributed by atoms with Crippen LogP contribution in [0.1, 0.15) is 54.1 Å². The van der Waals surface area contributed by atoms with Gasteiger partial charge in [-0.05, 0) is 54.2 Å². The minimum Gasteiger partial charge on any atom is -0.342 e. The van der Waals surface area contributed by atoms with Gasteiger partial charge < -0.3 is 4.90 Å². The molecule has 1 heterocycles. The average molecular weight is 357 g/mol. The highest BCUT2D eigenvalue weighted by Crippen LogP contribution is 2.22. The molecule has 1 aliphatic heterocycles. The molecule has 3 heteroatoms. The van der Waals surface area contributed by atoms with E-state index < -0.39 is 0 Å². The van der Waals surface area contributed by atoms with E-state index >= 15 is 0 Å². The van der Waals surface area contributed by atoms with Gasteiger partial charge >= 0.3 is 0 Å². The minimum atomic E-state index is 0.110. The molecule has 27 heavy (non-hydrogen) atoms. The largest absolute Gasteiger partial charge is 0.342 e. The molecule has 1 fully saturated rings. The molecule has 0 aromatic heterocycles. The van der Waals surface area contributed by atoms with E-state index in [1.165, 1.54) is 6.42 Å². The summed E-state index contributed by atoms with van der Waals surface area (Å²) in [6.45, 7) is 3.92. The van der Waals surface area contributed by atoms with Crippen LogP contribution in [0.3, 0.4) is 0 Å². The Morgan fingerprint density at radius 1 is 1.26 bits per heavy atom. The number of rotatable bonds is 2. The maximum atomic E-state index is 12.4. The number of carbonyl (C=O) groups excluding carboxylic acids is 2. The van der Waals surface area contributed by atoms with Gasteiger partial charge in [0.05, 0.1) is 6.42 Å². The molecule has 3 rings (SSSR count). The fraction of sp³-hybridized carbons (Fsp3) is 0.333. The van der Waals surface area contributed by atoms with E-state index in [2.05, 4.69) is 24.7 Å². The van der Waals surface area contributed by atoms with Crippen molar-refractivity contribution in [2.45, 2.75) is 32.6 Å². The van der Waals surface area contributed by atoms with Crippen LogP contribution in [0.5, 0.6) is 0 Å². The fourth-order valence-electron chi connectivity index (χ4n) is 3.53. The van der Waals surface area contributed by atoms with E-state index in [1.54, 1.807) is 6.07 Å². The zero-order valence-corrected chi connectivity index (χ0v) is 15.6. The molecule has 1 unspecified atom stereocenters. The van der Waals surface area contributed by atoms with Crippen LogP contribution in [0, 0.1) is 30.1 Å². The molecule has 136 valence electrons. The second-order valence-corrected chi connectivity index (χ2v) is 7.12. The van der Waals surface area contributed by atoms with Crippen LogP contribution >= 0.6 is 0 Å². The van der Waals surface area contributed by atoms with Crippen LogP contribution in [0.15, 0.2) is 30.3 Å². The summed E-state index contributed by atoms with van der Waals surface area (Å²) in [6.07, 6.45) is 9.82. The van der Waals surface area contributed by atoms with Crippen molar-refractivity contribution in [2.75, 3.05) is 13.1 Å². The van der Waals surface area contributed by atoms with Crippen LogP contribution in [0.25, 0.3) is 10.8 Å². The van der Waals surface area contributed by atoms with Crippen LogP contribution in [0.4, 0.5) is 0 Å². The van der Waals surface area contributed by atoms with Crippen LogP contribution in [-0.4, -0.2) is 30.2 Å². The lowest BCUT2D eigenvalue weighted by Gasteiger charge is -2.19. The summed E-state index contributed by atoms with van der Waals surface area (Å²) in [5.74, 6) is 9.41.